The molecule has 0 aliphatic carbocycles. The van der Waals surface area contributed by atoms with Crippen molar-refractivity contribution in [2.45, 2.75) is 19.4 Å². The SMILES string of the molecule is COc1ccc(C#N)c(Cn2nc(C)c3ccc(C(F)(F)C(=O)O)cc32)c1. The summed E-state index contributed by atoms with van der Waals surface area (Å²) in [5.41, 5.74) is 1.35. The summed E-state index contributed by atoms with van der Waals surface area (Å²) in [4.78, 5) is 10.9. The van der Waals surface area contributed by atoms with Crippen LogP contribution in [0.25, 0.3) is 10.9 Å². The van der Waals surface area contributed by atoms with Crippen LogP contribution in [0.1, 0.15) is 22.4 Å². The third-order valence-electron chi connectivity index (χ3n) is 4.32. The minimum Gasteiger partial charge on any atom is -0.497 e. The molecular weight excluding hydrogens is 356 g/mol. The summed E-state index contributed by atoms with van der Waals surface area (Å²) >= 11 is 0. The zero-order valence-corrected chi connectivity index (χ0v) is 14.5. The van der Waals surface area contributed by atoms with Gasteiger partial charge in [-0.15, -0.1) is 0 Å². The van der Waals surface area contributed by atoms with E-state index in [1.807, 2.05) is 0 Å². The van der Waals surface area contributed by atoms with E-state index in [0.717, 1.165) is 12.1 Å². The van der Waals surface area contributed by atoms with Gasteiger partial charge in [-0.25, -0.2) is 4.79 Å². The van der Waals surface area contributed by atoms with E-state index in [4.69, 9.17) is 9.84 Å². The number of ether oxygens (including phenoxy) is 1. The van der Waals surface area contributed by atoms with Crippen LogP contribution in [-0.2, 0) is 17.3 Å². The monoisotopic (exact) mass is 371 g/mol. The Hall–Kier alpha value is -3.47. The first-order valence-corrected chi connectivity index (χ1v) is 7.93. The van der Waals surface area contributed by atoms with Crippen molar-refractivity contribution in [3.8, 4) is 11.8 Å². The largest absolute Gasteiger partial charge is 0.497 e. The third kappa shape index (κ3) is 3.19. The van der Waals surface area contributed by atoms with E-state index in [1.54, 1.807) is 25.1 Å². The van der Waals surface area contributed by atoms with Crippen LogP contribution in [0.2, 0.25) is 0 Å². The molecule has 1 heterocycles. The number of carboxylic acid groups (broad SMARTS) is 1. The number of nitrogens with zero attached hydrogens (tertiary/aromatic N) is 3. The number of nitriles is 1. The highest BCUT2D eigenvalue weighted by atomic mass is 19.3. The molecule has 0 aliphatic rings. The number of carbonyl (C=O) groups is 1. The van der Waals surface area contributed by atoms with Gasteiger partial charge in [0.1, 0.15) is 5.75 Å². The van der Waals surface area contributed by atoms with Gasteiger partial charge in [-0.1, -0.05) is 12.1 Å². The molecule has 0 atom stereocenters. The Morgan fingerprint density at radius 1 is 1.33 bits per heavy atom. The minimum absolute atomic E-state index is 0.145. The zero-order valence-electron chi connectivity index (χ0n) is 14.5. The summed E-state index contributed by atoms with van der Waals surface area (Å²) in [6.07, 6.45) is 0. The van der Waals surface area contributed by atoms with Crippen molar-refractivity contribution < 1.29 is 23.4 Å². The lowest BCUT2D eigenvalue weighted by Gasteiger charge is -2.12. The van der Waals surface area contributed by atoms with E-state index in [0.29, 0.717) is 33.5 Å². The number of aromatic nitrogens is 2. The lowest BCUT2D eigenvalue weighted by molar-refractivity contribution is -0.166. The Bertz CT molecular complexity index is 1080. The van der Waals surface area contributed by atoms with E-state index in [9.17, 15) is 18.8 Å². The maximum absolute atomic E-state index is 13.9. The van der Waals surface area contributed by atoms with Crippen molar-refractivity contribution in [3.63, 3.8) is 0 Å². The maximum atomic E-state index is 13.9. The summed E-state index contributed by atoms with van der Waals surface area (Å²) in [7, 11) is 1.50. The number of aliphatic carboxylic acids is 1. The Morgan fingerprint density at radius 3 is 2.70 bits per heavy atom. The van der Waals surface area contributed by atoms with Crippen molar-refractivity contribution in [2.24, 2.45) is 0 Å². The molecule has 0 bridgehead atoms. The molecular formula is C19H15F2N3O3. The average molecular weight is 371 g/mol. The molecule has 0 amide bonds. The van der Waals surface area contributed by atoms with E-state index in [1.165, 1.54) is 17.9 Å². The summed E-state index contributed by atoms with van der Waals surface area (Å²) in [5.74, 6) is -5.68. The molecule has 0 aliphatic heterocycles. The second-order valence-electron chi connectivity index (χ2n) is 5.99. The van der Waals surface area contributed by atoms with Gasteiger partial charge in [0, 0.05) is 10.9 Å². The van der Waals surface area contributed by atoms with Crippen LogP contribution in [0.5, 0.6) is 5.75 Å². The number of halogens is 2. The minimum atomic E-state index is -4.01. The number of carboxylic acids is 1. The van der Waals surface area contributed by atoms with Gasteiger partial charge in [-0.2, -0.15) is 19.1 Å². The normalized spacial score (nSPS) is 11.4. The number of rotatable bonds is 5. The summed E-state index contributed by atoms with van der Waals surface area (Å²) in [6, 6.07) is 10.6. The Balaban J connectivity index is 2.13. The van der Waals surface area contributed by atoms with E-state index < -0.39 is 17.5 Å². The van der Waals surface area contributed by atoms with Gasteiger partial charge in [0.25, 0.3) is 0 Å². The van der Waals surface area contributed by atoms with Crippen LogP contribution in [0.4, 0.5) is 8.78 Å². The van der Waals surface area contributed by atoms with E-state index in [-0.39, 0.29) is 6.54 Å². The third-order valence-corrected chi connectivity index (χ3v) is 4.32. The van der Waals surface area contributed by atoms with Crippen molar-refractivity contribution in [1.29, 1.82) is 5.26 Å². The van der Waals surface area contributed by atoms with Crippen LogP contribution in [0.3, 0.4) is 0 Å². The molecule has 6 nitrogen and oxygen atoms in total. The number of fused-ring (bicyclic) bond motifs is 1. The Morgan fingerprint density at radius 2 is 2.07 bits per heavy atom. The molecule has 0 saturated carbocycles. The van der Waals surface area contributed by atoms with Crippen LogP contribution >= 0.6 is 0 Å². The first-order chi connectivity index (χ1) is 12.8. The molecule has 138 valence electrons. The first kappa shape index (κ1) is 18.3. The lowest BCUT2D eigenvalue weighted by atomic mass is 10.1. The van der Waals surface area contributed by atoms with Gasteiger partial charge in [0.15, 0.2) is 0 Å². The molecule has 0 spiro atoms. The predicted molar refractivity (Wildman–Crippen MR) is 92.8 cm³/mol. The molecule has 0 radical (unpaired) electrons. The second kappa shape index (κ2) is 6.68. The fourth-order valence-electron chi connectivity index (χ4n) is 2.88. The Labute approximate surface area is 153 Å². The van der Waals surface area contributed by atoms with Crippen molar-refractivity contribution >= 4 is 16.9 Å². The van der Waals surface area contributed by atoms with Crippen LogP contribution < -0.4 is 4.74 Å². The highest BCUT2D eigenvalue weighted by Gasteiger charge is 2.41. The molecule has 3 rings (SSSR count). The number of hydrogen-bond acceptors (Lipinski definition) is 4. The maximum Gasteiger partial charge on any atom is 0.379 e. The molecule has 0 saturated heterocycles. The van der Waals surface area contributed by atoms with Gasteiger partial charge >= 0.3 is 11.9 Å². The molecule has 3 aromatic rings. The number of benzene rings is 2. The lowest BCUT2D eigenvalue weighted by Crippen LogP contribution is -2.25. The van der Waals surface area contributed by atoms with E-state index >= 15 is 0 Å². The molecule has 0 unspecified atom stereocenters. The van der Waals surface area contributed by atoms with Crippen molar-refractivity contribution in [1.82, 2.24) is 9.78 Å². The topological polar surface area (TPSA) is 88.1 Å². The van der Waals surface area contributed by atoms with Gasteiger partial charge in [0.05, 0.1) is 36.5 Å². The number of aryl methyl sites for hydroxylation is 1. The zero-order chi connectivity index (χ0) is 19.8. The average Bonchev–Trinajstić information content (AvgIpc) is 2.96. The predicted octanol–water partition coefficient (Wildman–Crippen LogP) is 3.45. The smallest absolute Gasteiger partial charge is 0.379 e. The van der Waals surface area contributed by atoms with Gasteiger partial charge in [0.2, 0.25) is 0 Å². The molecule has 0 fully saturated rings. The summed E-state index contributed by atoms with van der Waals surface area (Å²) in [6.45, 7) is 1.87. The second-order valence-corrected chi connectivity index (χ2v) is 5.99. The van der Waals surface area contributed by atoms with Gasteiger partial charge in [-0.3, -0.25) is 4.68 Å². The van der Waals surface area contributed by atoms with E-state index in [2.05, 4.69) is 11.2 Å². The fraction of sp³-hybridized carbons (Fsp3) is 0.211. The summed E-state index contributed by atoms with van der Waals surface area (Å²) in [5, 5.41) is 23.1. The molecule has 1 aromatic heterocycles. The highest BCUT2D eigenvalue weighted by Crippen LogP contribution is 2.32. The van der Waals surface area contributed by atoms with Crippen molar-refractivity contribution in [3.05, 3.63) is 58.8 Å². The molecule has 27 heavy (non-hydrogen) atoms. The first-order valence-electron chi connectivity index (χ1n) is 7.93. The van der Waals surface area contributed by atoms with Gasteiger partial charge < -0.3 is 9.84 Å². The highest BCUT2D eigenvalue weighted by molar-refractivity contribution is 5.85. The number of alkyl halides is 2. The quantitative estimate of drug-likeness (QED) is 0.742. The number of hydrogen-bond donors (Lipinski definition) is 1. The number of methoxy groups -OCH3 is 1. The molecule has 1 N–H and O–H groups in total. The molecule has 2 aromatic carbocycles. The Kier molecular flexibility index (Phi) is 4.54. The standard InChI is InChI=1S/C19H15F2N3O3/c1-11-16-6-4-14(19(20,21)18(25)26)8-17(16)24(23-11)10-13-7-15(27-2)5-3-12(13)9-22/h3-8H,10H2,1-2H3,(H,25,26). The van der Waals surface area contributed by atoms with Crippen LogP contribution in [0.15, 0.2) is 36.4 Å². The summed E-state index contributed by atoms with van der Waals surface area (Å²) < 4.78 is 34.4. The fourth-order valence-corrected chi connectivity index (χ4v) is 2.88. The van der Waals surface area contributed by atoms with Crippen LogP contribution in [-0.4, -0.2) is 28.0 Å². The molecule has 8 heteroatoms. The van der Waals surface area contributed by atoms with Crippen LogP contribution in [0, 0.1) is 18.3 Å². The van der Waals surface area contributed by atoms with Gasteiger partial charge in [-0.05, 0) is 36.8 Å². The van der Waals surface area contributed by atoms with Crippen molar-refractivity contribution in [2.75, 3.05) is 7.11 Å².